The number of carboxylic acid groups (broad SMARTS) is 1. The Kier molecular flexibility index (Phi) is 3.70. The highest BCUT2D eigenvalue weighted by Crippen LogP contribution is 2.27. The lowest BCUT2D eigenvalue weighted by atomic mass is 10.1. The van der Waals surface area contributed by atoms with Gasteiger partial charge in [0, 0.05) is 13.0 Å². The molecule has 2 heterocycles. The number of carbonyl (C=O) groups is 1. The molecule has 0 amide bonds. The van der Waals surface area contributed by atoms with Crippen molar-refractivity contribution in [3.63, 3.8) is 0 Å². The van der Waals surface area contributed by atoms with Gasteiger partial charge in [-0.15, -0.1) is 0 Å². The monoisotopic (exact) mass is 290 g/mol. The lowest BCUT2D eigenvalue weighted by molar-refractivity contribution is 0.0697. The van der Waals surface area contributed by atoms with Crippen molar-refractivity contribution >= 4 is 28.8 Å². The number of aryl methyl sites for hydroxylation is 1. The first-order chi connectivity index (χ1) is 9.69. The van der Waals surface area contributed by atoms with E-state index in [1.54, 1.807) is 12.1 Å². The number of carboxylic acids is 1. The molecule has 0 bridgehead atoms. The standard InChI is InChI=1S/C15H18N2O2S/c1-2-14-16-12-7-11(15(18)19)3-4-13(12)17(14)8-10-5-6-20-9-10/h3-4,7,10H,2,5-6,8-9H2,1H3,(H,18,19). The van der Waals surface area contributed by atoms with Crippen molar-refractivity contribution in [2.75, 3.05) is 11.5 Å². The Labute approximate surface area is 122 Å². The van der Waals surface area contributed by atoms with Crippen molar-refractivity contribution in [1.82, 2.24) is 9.55 Å². The summed E-state index contributed by atoms with van der Waals surface area (Å²) < 4.78 is 2.28. The van der Waals surface area contributed by atoms with Gasteiger partial charge in [-0.05, 0) is 42.0 Å². The first kappa shape index (κ1) is 13.5. The number of imidazole rings is 1. The van der Waals surface area contributed by atoms with Crippen molar-refractivity contribution in [3.8, 4) is 0 Å². The first-order valence-corrected chi connectivity index (χ1v) is 8.14. The molecule has 1 aromatic heterocycles. The van der Waals surface area contributed by atoms with Crippen molar-refractivity contribution in [2.24, 2.45) is 5.92 Å². The maximum absolute atomic E-state index is 11.0. The van der Waals surface area contributed by atoms with Crippen LogP contribution in [0.1, 0.15) is 29.5 Å². The molecule has 1 N–H and O–H groups in total. The number of rotatable bonds is 4. The van der Waals surface area contributed by atoms with Gasteiger partial charge in [-0.25, -0.2) is 9.78 Å². The second-order valence-electron chi connectivity index (χ2n) is 5.23. The zero-order valence-electron chi connectivity index (χ0n) is 11.5. The third-order valence-corrected chi connectivity index (χ3v) is 5.09. The molecule has 3 rings (SSSR count). The Hall–Kier alpha value is -1.49. The molecule has 1 aliphatic rings. The number of benzene rings is 1. The van der Waals surface area contributed by atoms with Gasteiger partial charge < -0.3 is 9.67 Å². The van der Waals surface area contributed by atoms with E-state index in [4.69, 9.17) is 5.11 Å². The SMILES string of the molecule is CCc1nc2cc(C(=O)O)ccc2n1CC1CCSC1. The number of fused-ring (bicyclic) bond motifs is 1. The molecule has 2 aromatic rings. The summed E-state index contributed by atoms with van der Waals surface area (Å²) in [4.78, 5) is 15.7. The molecule has 0 aliphatic carbocycles. The summed E-state index contributed by atoms with van der Waals surface area (Å²) in [6.07, 6.45) is 2.14. The van der Waals surface area contributed by atoms with E-state index in [2.05, 4.69) is 16.5 Å². The second-order valence-corrected chi connectivity index (χ2v) is 6.38. The molecule has 0 spiro atoms. The van der Waals surface area contributed by atoms with Gasteiger partial charge in [0.15, 0.2) is 0 Å². The number of hydrogen-bond acceptors (Lipinski definition) is 3. The number of hydrogen-bond donors (Lipinski definition) is 1. The zero-order chi connectivity index (χ0) is 14.1. The molecule has 0 radical (unpaired) electrons. The molecule has 1 fully saturated rings. The summed E-state index contributed by atoms with van der Waals surface area (Å²) in [5, 5.41) is 9.07. The lowest BCUT2D eigenvalue weighted by Gasteiger charge is -2.13. The smallest absolute Gasteiger partial charge is 0.335 e. The van der Waals surface area contributed by atoms with Gasteiger partial charge in [0.05, 0.1) is 16.6 Å². The number of aromatic carboxylic acids is 1. The summed E-state index contributed by atoms with van der Waals surface area (Å²) in [7, 11) is 0. The fourth-order valence-electron chi connectivity index (χ4n) is 2.77. The Morgan fingerprint density at radius 3 is 3.05 bits per heavy atom. The number of aromatic nitrogens is 2. The van der Waals surface area contributed by atoms with E-state index in [1.165, 1.54) is 17.9 Å². The van der Waals surface area contributed by atoms with E-state index >= 15 is 0 Å². The molecular formula is C15H18N2O2S. The topological polar surface area (TPSA) is 55.1 Å². The van der Waals surface area contributed by atoms with E-state index in [0.717, 1.165) is 29.8 Å². The second kappa shape index (κ2) is 5.48. The van der Waals surface area contributed by atoms with Crippen molar-refractivity contribution in [2.45, 2.75) is 26.3 Å². The van der Waals surface area contributed by atoms with E-state index in [-0.39, 0.29) is 0 Å². The minimum atomic E-state index is -0.897. The molecule has 1 saturated heterocycles. The molecule has 5 heteroatoms. The van der Waals surface area contributed by atoms with Crippen LogP contribution in [0.2, 0.25) is 0 Å². The summed E-state index contributed by atoms with van der Waals surface area (Å²) in [5.41, 5.74) is 2.16. The van der Waals surface area contributed by atoms with Crippen LogP contribution >= 0.6 is 11.8 Å². The summed E-state index contributed by atoms with van der Waals surface area (Å²) in [6.45, 7) is 3.10. The molecular weight excluding hydrogens is 272 g/mol. The minimum Gasteiger partial charge on any atom is -0.478 e. The van der Waals surface area contributed by atoms with Crippen LogP contribution in [0.15, 0.2) is 18.2 Å². The quantitative estimate of drug-likeness (QED) is 0.940. The van der Waals surface area contributed by atoms with Crippen LogP contribution in [0.5, 0.6) is 0 Å². The average molecular weight is 290 g/mol. The van der Waals surface area contributed by atoms with E-state index in [0.29, 0.717) is 11.5 Å². The number of nitrogens with zero attached hydrogens (tertiary/aromatic N) is 2. The Morgan fingerprint density at radius 1 is 1.55 bits per heavy atom. The van der Waals surface area contributed by atoms with Crippen LogP contribution in [0.4, 0.5) is 0 Å². The molecule has 20 heavy (non-hydrogen) atoms. The fraction of sp³-hybridized carbons (Fsp3) is 0.467. The predicted molar refractivity (Wildman–Crippen MR) is 81.5 cm³/mol. The average Bonchev–Trinajstić information content (AvgIpc) is 3.06. The largest absolute Gasteiger partial charge is 0.478 e. The van der Waals surface area contributed by atoms with Crippen LogP contribution in [0, 0.1) is 5.92 Å². The predicted octanol–water partition coefficient (Wildman–Crippen LogP) is 3.05. The van der Waals surface area contributed by atoms with Gasteiger partial charge in [-0.1, -0.05) is 6.92 Å². The third kappa shape index (κ3) is 2.42. The van der Waals surface area contributed by atoms with Gasteiger partial charge in [0.1, 0.15) is 5.82 Å². The molecule has 1 aliphatic heterocycles. The summed E-state index contributed by atoms with van der Waals surface area (Å²) >= 11 is 2.02. The van der Waals surface area contributed by atoms with Crippen LogP contribution in [-0.2, 0) is 13.0 Å². The van der Waals surface area contributed by atoms with Crippen molar-refractivity contribution < 1.29 is 9.90 Å². The van der Waals surface area contributed by atoms with Gasteiger partial charge in [0.2, 0.25) is 0 Å². The molecule has 1 atom stereocenters. The van der Waals surface area contributed by atoms with E-state index < -0.39 is 5.97 Å². The highest BCUT2D eigenvalue weighted by molar-refractivity contribution is 7.99. The fourth-order valence-corrected chi connectivity index (χ4v) is 4.04. The third-order valence-electron chi connectivity index (χ3n) is 3.86. The lowest BCUT2D eigenvalue weighted by Crippen LogP contribution is -2.12. The maximum atomic E-state index is 11.0. The highest BCUT2D eigenvalue weighted by Gasteiger charge is 2.19. The van der Waals surface area contributed by atoms with Crippen LogP contribution < -0.4 is 0 Å². The Morgan fingerprint density at radius 2 is 2.40 bits per heavy atom. The minimum absolute atomic E-state index is 0.307. The number of thioether (sulfide) groups is 1. The first-order valence-electron chi connectivity index (χ1n) is 6.99. The molecule has 4 nitrogen and oxygen atoms in total. The van der Waals surface area contributed by atoms with Gasteiger partial charge in [-0.2, -0.15) is 11.8 Å². The van der Waals surface area contributed by atoms with E-state index in [9.17, 15) is 4.79 Å². The molecule has 106 valence electrons. The maximum Gasteiger partial charge on any atom is 0.335 e. The van der Waals surface area contributed by atoms with Crippen molar-refractivity contribution in [1.29, 1.82) is 0 Å². The van der Waals surface area contributed by atoms with Crippen molar-refractivity contribution in [3.05, 3.63) is 29.6 Å². The Balaban J connectivity index is 2.02. The van der Waals surface area contributed by atoms with Gasteiger partial charge in [-0.3, -0.25) is 0 Å². The molecule has 1 aromatic carbocycles. The van der Waals surface area contributed by atoms with Gasteiger partial charge >= 0.3 is 5.97 Å². The molecule has 0 saturated carbocycles. The van der Waals surface area contributed by atoms with Crippen LogP contribution in [0.25, 0.3) is 11.0 Å². The molecule has 1 unspecified atom stereocenters. The normalized spacial score (nSPS) is 18.8. The Bertz CT molecular complexity index is 645. The van der Waals surface area contributed by atoms with E-state index in [1.807, 2.05) is 17.8 Å². The summed E-state index contributed by atoms with van der Waals surface area (Å²) in [5.74, 6) is 3.34. The highest BCUT2D eigenvalue weighted by atomic mass is 32.2. The zero-order valence-corrected chi connectivity index (χ0v) is 12.3. The van der Waals surface area contributed by atoms with Gasteiger partial charge in [0.25, 0.3) is 0 Å². The van der Waals surface area contributed by atoms with Crippen LogP contribution in [-0.4, -0.2) is 32.1 Å². The summed E-state index contributed by atoms with van der Waals surface area (Å²) in [6, 6.07) is 5.25. The van der Waals surface area contributed by atoms with Crippen LogP contribution in [0.3, 0.4) is 0 Å².